The lowest BCUT2D eigenvalue weighted by molar-refractivity contribution is 0.0931. The highest BCUT2D eigenvalue weighted by molar-refractivity contribution is 6.31. The topological polar surface area (TPSA) is 130 Å². The fourth-order valence-electron chi connectivity index (χ4n) is 3.98. The zero-order valence-electron chi connectivity index (χ0n) is 16.8. The van der Waals surface area contributed by atoms with Crippen molar-refractivity contribution < 1.29 is 29.3 Å². The number of phenolic OH excluding ortho intramolecular Hbond substituents is 2. The Morgan fingerprint density at radius 3 is 2.21 bits per heavy atom. The average Bonchev–Trinajstić information content (AvgIpc) is 2.96. The van der Waals surface area contributed by atoms with Crippen LogP contribution in [0.3, 0.4) is 0 Å². The molecule has 2 aliphatic rings. The number of anilines is 1. The van der Waals surface area contributed by atoms with Crippen molar-refractivity contribution in [3.05, 3.63) is 93.3 Å². The molecule has 1 aliphatic heterocycles. The smallest absolute Gasteiger partial charge is 0.248 e. The SMILES string of the molecule is NC(=O)c1ccc(N2Cc3cc(Cl)ccc3OC3=C2C(=O)c2c(O)ccc(O)c2C3=O)cc1. The lowest BCUT2D eigenvalue weighted by Gasteiger charge is -2.29. The van der Waals surface area contributed by atoms with Gasteiger partial charge in [0.2, 0.25) is 23.2 Å². The van der Waals surface area contributed by atoms with E-state index in [2.05, 4.69) is 0 Å². The molecule has 0 saturated carbocycles. The molecule has 8 nitrogen and oxygen atoms in total. The minimum absolute atomic E-state index is 0.0958. The maximum absolute atomic E-state index is 13.6. The number of hydrogen-bond acceptors (Lipinski definition) is 7. The number of primary amides is 1. The molecule has 0 radical (unpaired) electrons. The maximum Gasteiger partial charge on any atom is 0.248 e. The number of amides is 1. The molecule has 1 aliphatic carbocycles. The van der Waals surface area contributed by atoms with Crippen molar-refractivity contribution in [1.29, 1.82) is 0 Å². The number of nitrogens with zero attached hydrogens (tertiary/aromatic N) is 1. The van der Waals surface area contributed by atoms with Gasteiger partial charge in [-0.05, 0) is 54.6 Å². The third-order valence-corrected chi connectivity index (χ3v) is 5.78. The molecule has 0 aromatic heterocycles. The fourth-order valence-corrected chi connectivity index (χ4v) is 4.17. The van der Waals surface area contributed by atoms with Crippen molar-refractivity contribution in [3.63, 3.8) is 0 Å². The summed E-state index contributed by atoms with van der Waals surface area (Å²) in [6, 6.07) is 13.2. The Morgan fingerprint density at radius 1 is 0.939 bits per heavy atom. The number of phenols is 2. The van der Waals surface area contributed by atoms with Crippen LogP contribution in [0.25, 0.3) is 0 Å². The number of Topliss-reactive ketones (excluding diaryl/α,β-unsaturated/α-hetero) is 2. The Bertz CT molecular complexity index is 1410. The number of carbonyl (C=O) groups excluding carboxylic acids is 3. The number of aromatic hydroxyl groups is 2. The van der Waals surface area contributed by atoms with Crippen molar-refractivity contribution in [2.75, 3.05) is 4.90 Å². The largest absolute Gasteiger partial charge is 0.507 e. The third kappa shape index (κ3) is 3.19. The number of rotatable bonds is 2. The van der Waals surface area contributed by atoms with Gasteiger partial charge >= 0.3 is 0 Å². The van der Waals surface area contributed by atoms with E-state index in [-0.39, 0.29) is 34.7 Å². The first kappa shape index (κ1) is 20.6. The van der Waals surface area contributed by atoms with E-state index in [0.29, 0.717) is 22.0 Å². The van der Waals surface area contributed by atoms with Gasteiger partial charge in [0, 0.05) is 21.8 Å². The number of fused-ring (bicyclic) bond motifs is 2. The lowest BCUT2D eigenvalue weighted by Crippen LogP contribution is -2.34. The van der Waals surface area contributed by atoms with E-state index in [1.54, 1.807) is 30.3 Å². The highest BCUT2D eigenvalue weighted by Gasteiger charge is 2.42. The van der Waals surface area contributed by atoms with Crippen molar-refractivity contribution in [1.82, 2.24) is 0 Å². The predicted octanol–water partition coefficient (Wildman–Crippen LogP) is 3.54. The zero-order chi connectivity index (χ0) is 23.4. The van der Waals surface area contributed by atoms with Gasteiger partial charge in [-0.1, -0.05) is 11.6 Å². The van der Waals surface area contributed by atoms with Crippen LogP contribution in [-0.2, 0) is 6.54 Å². The van der Waals surface area contributed by atoms with Crippen LogP contribution < -0.4 is 15.4 Å². The molecule has 9 heteroatoms. The van der Waals surface area contributed by atoms with E-state index in [9.17, 15) is 24.6 Å². The third-order valence-electron chi connectivity index (χ3n) is 5.55. The number of hydrogen-bond donors (Lipinski definition) is 3. The first-order chi connectivity index (χ1) is 15.8. The standard InChI is InChI=1S/C24H15ClN2O6/c25-13-3-8-17-12(9-13)10-27(14-4-1-11(2-5-14)24(26)32)20-21(30)18-15(28)6-7-16(29)19(18)22(31)23(20)33-17/h1-9,28-29H,10H2,(H2,26,32). The number of allylic oxidation sites excluding steroid dienone is 2. The normalized spacial score (nSPS) is 14.8. The summed E-state index contributed by atoms with van der Waals surface area (Å²) in [4.78, 5) is 40.0. The van der Waals surface area contributed by atoms with Gasteiger partial charge < -0.3 is 25.6 Å². The average molecular weight is 463 g/mol. The van der Waals surface area contributed by atoms with Gasteiger partial charge in [0.05, 0.1) is 17.7 Å². The minimum atomic E-state index is -0.755. The Hall–Kier alpha value is -4.30. The van der Waals surface area contributed by atoms with Gasteiger partial charge in [-0.3, -0.25) is 14.4 Å². The summed E-state index contributed by atoms with van der Waals surface area (Å²) in [5.74, 6) is -2.95. The first-order valence-corrected chi connectivity index (χ1v) is 10.2. The molecule has 3 aromatic carbocycles. The van der Waals surface area contributed by atoms with Crippen LogP contribution in [0.2, 0.25) is 5.02 Å². The Morgan fingerprint density at radius 2 is 1.58 bits per heavy atom. The van der Waals surface area contributed by atoms with Gasteiger partial charge in [0.25, 0.3) is 0 Å². The molecule has 0 fully saturated rings. The lowest BCUT2D eigenvalue weighted by atomic mass is 9.89. The van der Waals surface area contributed by atoms with E-state index in [0.717, 1.165) is 12.1 Å². The molecule has 5 rings (SSSR count). The van der Waals surface area contributed by atoms with Gasteiger partial charge in [0.15, 0.2) is 0 Å². The molecule has 164 valence electrons. The summed E-state index contributed by atoms with van der Waals surface area (Å²) in [6.45, 7) is 0.0958. The molecule has 0 bridgehead atoms. The second-order valence-electron chi connectivity index (χ2n) is 7.54. The van der Waals surface area contributed by atoms with Gasteiger partial charge in [-0.15, -0.1) is 0 Å². The predicted molar refractivity (Wildman–Crippen MR) is 119 cm³/mol. The molecular formula is C24H15ClN2O6. The van der Waals surface area contributed by atoms with E-state index >= 15 is 0 Å². The second-order valence-corrected chi connectivity index (χ2v) is 7.98. The summed E-state index contributed by atoms with van der Waals surface area (Å²) in [6.07, 6.45) is 0. The van der Waals surface area contributed by atoms with Crippen molar-refractivity contribution >= 4 is 34.8 Å². The number of ketones is 2. The number of ether oxygens (including phenoxy) is 1. The molecular weight excluding hydrogens is 448 g/mol. The van der Waals surface area contributed by atoms with Gasteiger partial charge in [-0.2, -0.15) is 0 Å². The maximum atomic E-state index is 13.6. The van der Waals surface area contributed by atoms with Gasteiger partial charge in [0.1, 0.15) is 22.9 Å². The van der Waals surface area contributed by atoms with Crippen molar-refractivity contribution in [2.45, 2.75) is 6.54 Å². The highest BCUT2D eigenvalue weighted by atomic mass is 35.5. The highest BCUT2D eigenvalue weighted by Crippen LogP contribution is 2.43. The zero-order valence-corrected chi connectivity index (χ0v) is 17.6. The van der Waals surface area contributed by atoms with Crippen LogP contribution in [0.15, 0.2) is 66.1 Å². The minimum Gasteiger partial charge on any atom is -0.507 e. The molecule has 1 amide bonds. The molecule has 0 unspecified atom stereocenters. The second kappa shape index (κ2) is 7.39. The summed E-state index contributed by atoms with van der Waals surface area (Å²) < 4.78 is 5.91. The Labute approximate surface area is 192 Å². The van der Waals surface area contributed by atoms with E-state index < -0.39 is 29.0 Å². The monoisotopic (exact) mass is 462 g/mol. The molecule has 33 heavy (non-hydrogen) atoms. The van der Waals surface area contributed by atoms with Crippen LogP contribution in [0, 0.1) is 0 Å². The Balaban J connectivity index is 1.76. The molecule has 0 saturated heterocycles. The number of carbonyl (C=O) groups is 3. The molecule has 1 heterocycles. The van der Waals surface area contributed by atoms with Crippen molar-refractivity contribution in [3.8, 4) is 17.2 Å². The summed E-state index contributed by atoms with van der Waals surface area (Å²) in [5, 5.41) is 21.1. The number of benzene rings is 3. The molecule has 3 aromatic rings. The van der Waals surface area contributed by atoms with E-state index in [1.807, 2.05) is 0 Å². The summed E-state index contributed by atoms with van der Waals surface area (Å²) in [5.41, 5.74) is 5.89. The molecule has 4 N–H and O–H groups in total. The van der Waals surface area contributed by atoms with Crippen LogP contribution in [0.4, 0.5) is 5.69 Å². The molecule has 0 spiro atoms. The first-order valence-electron chi connectivity index (χ1n) is 9.78. The van der Waals surface area contributed by atoms with Crippen LogP contribution in [0.5, 0.6) is 17.2 Å². The van der Waals surface area contributed by atoms with Crippen LogP contribution in [-0.4, -0.2) is 27.7 Å². The quantitative estimate of drug-likeness (QED) is 0.496. The summed E-state index contributed by atoms with van der Waals surface area (Å²) >= 11 is 6.17. The van der Waals surface area contributed by atoms with Gasteiger partial charge in [-0.25, -0.2) is 0 Å². The molecule has 0 atom stereocenters. The summed E-state index contributed by atoms with van der Waals surface area (Å²) in [7, 11) is 0. The van der Waals surface area contributed by atoms with E-state index in [4.69, 9.17) is 22.1 Å². The van der Waals surface area contributed by atoms with Crippen LogP contribution >= 0.6 is 11.6 Å². The Kier molecular flexibility index (Phi) is 4.61. The van der Waals surface area contributed by atoms with Crippen molar-refractivity contribution in [2.24, 2.45) is 5.73 Å². The van der Waals surface area contributed by atoms with Crippen LogP contribution in [0.1, 0.15) is 36.6 Å². The number of halogens is 1. The van der Waals surface area contributed by atoms with E-state index in [1.165, 1.54) is 17.0 Å². The fraction of sp³-hybridized carbons (Fsp3) is 0.0417. The number of nitrogens with two attached hydrogens (primary N) is 1.